The maximum Gasteiger partial charge on any atom is 0.326 e. The first-order valence-corrected chi connectivity index (χ1v) is 6.62. The first-order valence-electron chi connectivity index (χ1n) is 5.34. The Labute approximate surface area is 114 Å². The summed E-state index contributed by atoms with van der Waals surface area (Å²) < 4.78 is 0.323. The smallest absolute Gasteiger partial charge is 0.326 e. The van der Waals surface area contributed by atoms with Crippen molar-refractivity contribution >= 4 is 40.2 Å². The predicted octanol–water partition coefficient (Wildman–Crippen LogP) is 2.06. The van der Waals surface area contributed by atoms with Crippen molar-refractivity contribution in [2.24, 2.45) is 0 Å². The Bertz CT molecular complexity index is 503. The minimum absolute atomic E-state index is 0.258. The van der Waals surface area contributed by atoms with E-state index in [0.717, 1.165) is 5.56 Å². The van der Waals surface area contributed by atoms with Crippen LogP contribution in [0.2, 0.25) is 0 Å². The van der Waals surface area contributed by atoms with Crippen LogP contribution in [0.15, 0.2) is 30.3 Å². The van der Waals surface area contributed by atoms with E-state index in [1.165, 1.54) is 23.6 Å². The molecule has 2 unspecified atom stereocenters. The maximum atomic E-state index is 12.2. The van der Waals surface area contributed by atoms with Gasteiger partial charge in [-0.15, -0.1) is 0 Å². The first-order chi connectivity index (χ1) is 8.52. The molecule has 2 atom stereocenters. The van der Waals surface area contributed by atoms with E-state index >= 15 is 0 Å². The molecule has 1 heterocycles. The zero-order valence-corrected chi connectivity index (χ0v) is 11.2. The summed E-state index contributed by atoms with van der Waals surface area (Å²) in [5.41, 5.74) is 0.843. The van der Waals surface area contributed by atoms with Crippen LogP contribution in [0, 0.1) is 0 Å². The molecule has 0 bridgehead atoms. The Morgan fingerprint density at radius 1 is 1.44 bits per heavy atom. The van der Waals surface area contributed by atoms with E-state index in [9.17, 15) is 9.59 Å². The van der Waals surface area contributed by atoms with Gasteiger partial charge in [0.05, 0.1) is 0 Å². The van der Waals surface area contributed by atoms with Crippen LogP contribution < -0.4 is 0 Å². The van der Waals surface area contributed by atoms with Gasteiger partial charge < -0.3 is 5.11 Å². The fourth-order valence-corrected chi connectivity index (χ4v) is 3.33. The van der Waals surface area contributed by atoms with Gasteiger partial charge in [-0.2, -0.15) is 0 Å². The zero-order valence-electron chi connectivity index (χ0n) is 9.57. The normalized spacial score (nSPS) is 21.2. The quantitative estimate of drug-likeness (QED) is 0.859. The molecule has 6 heteroatoms. The van der Waals surface area contributed by atoms with E-state index in [1.54, 1.807) is 0 Å². The van der Waals surface area contributed by atoms with E-state index < -0.39 is 17.3 Å². The second-order valence-corrected chi connectivity index (χ2v) is 5.64. The molecule has 1 aromatic rings. The lowest BCUT2D eigenvalue weighted by atomic mass is 10.1. The molecule has 2 rings (SSSR count). The van der Waals surface area contributed by atoms with Gasteiger partial charge in [0.1, 0.15) is 15.6 Å². The Hall–Kier alpha value is -1.40. The van der Waals surface area contributed by atoms with Crippen LogP contribution in [0.25, 0.3) is 0 Å². The summed E-state index contributed by atoms with van der Waals surface area (Å²) in [4.78, 5) is 24.4. The molecule has 0 aliphatic carbocycles. The van der Waals surface area contributed by atoms with Crippen molar-refractivity contribution in [2.45, 2.75) is 18.2 Å². The van der Waals surface area contributed by atoms with Crippen molar-refractivity contribution in [3.8, 4) is 0 Å². The van der Waals surface area contributed by atoms with Crippen molar-refractivity contribution in [2.75, 3.05) is 0 Å². The number of nitrogens with zero attached hydrogens (tertiary/aromatic N) is 1. The average Bonchev–Trinajstić information content (AvgIpc) is 2.65. The molecular formula is C12H11NO3S2. The molecule has 1 aromatic carbocycles. The number of thiocarbonyl (C=S) groups is 1. The van der Waals surface area contributed by atoms with Gasteiger partial charge in [0.2, 0.25) is 5.91 Å². The number of carboxylic acids is 1. The molecule has 4 nitrogen and oxygen atoms in total. The predicted molar refractivity (Wildman–Crippen MR) is 73.3 cm³/mol. The Morgan fingerprint density at radius 2 is 2.06 bits per heavy atom. The highest BCUT2D eigenvalue weighted by Crippen LogP contribution is 2.40. The summed E-state index contributed by atoms with van der Waals surface area (Å²) in [6, 6.07) is 8.31. The van der Waals surface area contributed by atoms with Crippen LogP contribution in [-0.4, -0.2) is 32.2 Å². The van der Waals surface area contributed by atoms with Crippen LogP contribution in [0.5, 0.6) is 0 Å². The molecule has 1 aliphatic heterocycles. The Balaban J connectivity index is 2.27. The van der Waals surface area contributed by atoms with Gasteiger partial charge in [-0.25, -0.2) is 4.79 Å². The molecule has 1 N–H and O–H groups in total. The fraction of sp³-hybridized carbons (Fsp3) is 0.250. The van der Waals surface area contributed by atoms with Crippen molar-refractivity contribution < 1.29 is 14.7 Å². The molecule has 94 valence electrons. The monoisotopic (exact) mass is 281 g/mol. The topological polar surface area (TPSA) is 57.6 Å². The number of carbonyl (C=O) groups is 2. The van der Waals surface area contributed by atoms with Crippen molar-refractivity contribution in [3.63, 3.8) is 0 Å². The van der Waals surface area contributed by atoms with Crippen LogP contribution in [0.3, 0.4) is 0 Å². The lowest BCUT2D eigenvalue weighted by Crippen LogP contribution is -2.42. The maximum absolute atomic E-state index is 12.2. The van der Waals surface area contributed by atoms with Crippen LogP contribution in [-0.2, 0) is 9.59 Å². The van der Waals surface area contributed by atoms with Crippen molar-refractivity contribution in [1.29, 1.82) is 0 Å². The third kappa shape index (κ3) is 2.26. The number of hydrogen-bond donors (Lipinski definition) is 1. The highest BCUT2D eigenvalue weighted by atomic mass is 32.2. The van der Waals surface area contributed by atoms with Gasteiger partial charge in [0.15, 0.2) is 0 Å². The molecule has 0 saturated carbocycles. The number of rotatable bonds is 3. The van der Waals surface area contributed by atoms with Crippen molar-refractivity contribution in [3.05, 3.63) is 35.9 Å². The molecule has 0 aromatic heterocycles. The second-order valence-electron chi connectivity index (χ2n) is 3.90. The summed E-state index contributed by atoms with van der Waals surface area (Å²) in [6.07, 6.45) is 0. The van der Waals surface area contributed by atoms with Gasteiger partial charge in [-0.3, -0.25) is 9.69 Å². The van der Waals surface area contributed by atoms with Crippen molar-refractivity contribution in [1.82, 2.24) is 4.90 Å². The number of amides is 1. The molecule has 1 amide bonds. The van der Waals surface area contributed by atoms with E-state index in [-0.39, 0.29) is 5.91 Å². The number of aliphatic carboxylic acids is 1. The van der Waals surface area contributed by atoms with Crippen LogP contribution >= 0.6 is 24.0 Å². The number of carboxylic acid groups (broad SMARTS) is 1. The number of thioether (sulfide) groups is 1. The minimum Gasteiger partial charge on any atom is -0.480 e. The number of carbonyl (C=O) groups excluding carboxylic acids is 1. The molecule has 0 radical (unpaired) electrons. The molecule has 1 fully saturated rings. The standard InChI is InChI=1S/C12H11NO3S2/c1-7(11(15)16)13-10(14)9(18-12(13)17)8-5-3-2-4-6-8/h2-7,9H,1H3,(H,15,16). The summed E-state index contributed by atoms with van der Waals surface area (Å²) >= 11 is 6.32. The fourth-order valence-electron chi connectivity index (χ4n) is 1.72. The lowest BCUT2D eigenvalue weighted by Gasteiger charge is -2.19. The van der Waals surface area contributed by atoms with Crippen LogP contribution in [0.4, 0.5) is 0 Å². The van der Waals surface area contributed by atoms with Gasteiger partial charge >= 0.3 is 5.97 Å². The summed E-state index contributed by atoms with van der Waals surface area (Å²) in [7, 11) is 0. The van der Waals surface area contributed by atoms with E-state index in [4.69, 9.17) is 17.3 Å². The highest BCUT2D eigenvalue weighted by Gasteiger charge is 2.42. The SMILES string of the molecule is CC(C(=O)O)N1C(=O)C(c2ccccc2)SC1=S. The number of benzene rings is 1. The second kappa shape index (κ2) is 5.07. The molecule has 18 heavy (non-hydrogen) atoms. The molecular weight excluding hydrogens is 270 g/mol. The van der Waals surface area contributed by atoms with Crippen LogP contribution in [0.1, 0.15) is 17.7 Å². The molecule has 0 spiro atoms. The van der Waals surface area contributed by atoms with Gasteiger partial charge in [0.25, 0.3) is 0 Å². The molecule has 1 saturated heterocycles. The third-order valence-electron chi connectivity index (χ3n) is 2.72. The minimum atomic E-state index is -1.06. The zero-order chi connectivity index (χ0) is 13.3. The Kier molecular flexibility index (Phi) is 3.68. The van der Waals surface area contributed by atoms with E-state index in [0.29, 0.717) is 4.32 Å². The Morgan fingerprint density at radius 3 is 2.61 bits per heavy atom. The van der Waals surface area contributed by atoms with E-state index in [1.807, 2.05) is 30.3 Å². The number of hydrogen-bond acceptors (Lipinski definition) is 4. The van der Waals surface area contributed by atoms with E-state index in [2.05, 4.69) is 0 Å². The van der Waals surface area contributed by atoms with Gasteiger partial charge in [0, 0.05) is 0 Å². The summed E-state index contributed by atoms with van der Waals surface area (Å²) in [5, 5.41) is 8.54. The third-order valence-corrected chi connectivity index (χ3v) is 4.32. The summed E-state index contributed by atoms with van der Waals surface area (Å²) in [6.45, 7) is 1.46. The molecule has 1 aliphatic rings. The lowest BCUT2D eigenvalue weighted by molar-refractivity contribution is -0.145. The first kappa shape index (κ1) is 13.0. The van der Waals surface area contributed by atoms with Gasteiger partial charge in [-0.1, -0.05) is 54.3 Å². The summed E-state index contributed by atoms with van der Waals surface area (Å²) in [5.74, 6) is -1.31. The largest absolute Gasteiger partial charge is 0.480 e. The van der Waals surface area contributed by atoms with Gasteiger partial charge in [-0.05, 0) is 12.5 Å². The average molecular weight is 281 g/mol. The highest BCUT2D eigenvalue weighted by molar-refractivity contribution is 8.24.